The summed E-state index contributed by atoms with van der Waals surface area (Å²) in [5.41, 5.74) is 0.843. The number of carbonyl (C=O) groups is 1. The molecule has 1 fully saturated rings. The highest BCUT2D eigenvalue weighted by Gasteiger charge is 2.29. The van der Waals surface area contributed by atoms with Gasteiger partial charge in [-0.15, -0.1) is 0 Å². The molecular formula is C18H18BrN3O6S. The number of ether oxygens (including phenoxy) is 1. The Kier molecular flexibility index (Phi) is 6.63. The molecule has 11 heteroatoms. The Hall–Kier alpha value is -2.34. The number of carbonyl (C=O) groups excluding carboxylic acids is 1. The molecule has 0 atom stereocenters. The number of nitro groups is 1. The van der Waals surface area contributed by atoms with Crippen LogP contribution in [0.15, 0.2) is 51.8 Å². The van der Waals surface area contributed by atoms with Crippen molar-refractivity contribution in [2.24, 2.45) is 0 Å². The maximum atomic E-state index is 12.9. The van der Waals surface area contributed by atoms with Gasteiger partial charge in [-0.1, -0.05) is 12.1 Å². The minimum absolute atomic E-state index is 0.0161. The standard InChI is InChI=1S/C18H18BrN3O6S/c19-16-6-3-14(11-17(16)29(26,27)21-7-9-28-10-8-21)18(23)20-12-13-1-4-15(5-2-13)22(24)25/h1-6,11H,7-10,12H2,(H,20,23). The van der Waals surface area contributed by atoms with Gasteiger partial charge in [-0.3, -0.25) is 14.9 Å². The van der Waals surface area contributed by atoms with Gasteiger partial charge in [-0.2, -0.15) is 4.31 Å². The van der Waals surface area contributed by atoms with Crippen molar-refractivity contribution in [2.45, 2.75) is 11.4 Å². The van der Waals surface area contributed by atoms with Gasteiger partial charge in [0.05, 0.1) is 23.0 Å². The van der Waals surface area contributed by atoms with E-state index in [4.69, 9.17) is 4.74 Å². The van der Waals surface area contributed by atoms with E-state index in [-0.39, 0.29) is 35.8 Å². The lowest BCUT2D eigenvalue weighted by Gasteiger charge is -2.26. The molecular weight excluding hydrogens is 466 g/mol. The molecule has 3 rings (SSSR count). The van der Waals surface area contributed by atoms with Gasteiger partial charge in [0.2, 0.25) is 10.0 Å². The molecule has 154 valence electrons. The number of hydrogen-bond donors (Lipinski definition) is 1. The van der Waals surface area contributed by atoms with E-state index in [2.05, 4.69) is 21.2 Å². The largest absolute Gasteiger partial charge is 0.379 e. The first kappa shape index (κ1) is 21.4. The molecule has 0 unspecified atom stereocenters. The van der Waals surface area contributed by atoms with E-state index in [0.717, 1.165) is 0 Å². The Morgan fingerprint density at radius 2 is 1.83 bits per heavy atom. The van der Waals surface area contributed by atoms with Gasteiger partial charge < -0.3 is 10.1 Å². The van der Waals surface area contributed by atoms with E-state index in [1.165, 1.54) is 34.6 Å². The SMILES string of the molecule is O=C(NCc1ccc([N+](=O)[O-])cc1)c1ccc(Br)c(S(=O)(=O)N2CCOCC2)c1. The number of non-ortho nitro benzene ring substituents is 1. The number of benzene rings is 2. The summed E-state index contributed by atoms with van der Waals surface area (Å²) in [7, 11) is -3.77. The average molecular weight is 484 g/mol. The van der Waals surface area contributed by atoms with E-state index in [1.54, 1.807) is 12.1 Å². The van der Waals surface area contributed by atoms with Crippen molar-refractivity contribution in [3.8, 4) is 0 Å². The van der Waals surface area contributed by atoms with E-state index in [1.807, 2.05) is 0 Å². The highest BCUT2D eigenvalue weighted by Crippen LogP contribution is 2.27. The monoisotopic (exact) mass is 483 g/mol. The highest BCUT2D eigenvalue weighted by molar-refractivity contribution is 9.10. The number of nitro benzene ring substituents is 1. The fraction of sp³-hybridized carbons (Fsp3) is 0.278. The second-order valence-corrected chi connectivity index (χ2v) is 9.03. The lowest BCUT2D eigenvalue weighted by molar-refractivity contribution is -0.384. The Morgan fingerprint density at radius 3 is 2.45 bits per heavy atom. The molecule has 1 N–H and O–H groups in total. The highest BCUT2D eigenvalue weighted by atomic mass is 79.9. The number of nitrogens with one attached hydrogen (secondary N) is 1. The normalized spacial score (nSPS) is 15.1. The summed E-state index contributed by atoms with van der Waals surface area (Å²) in [6.45, 7) is 1.31. The Bertz CT molecular complexity index is 1020. The number of nitrogens with zero attached hydrogens (tertiary/aromatic N) is 2. The van der Waals surface area contributed by atoms with Gasteiger partial charge in [0.25, 0.3) is 11.6 Å². The molecule has 1 amide bonds. The third kappa shape index (κ3) is 4.99. The van der Waals surface area contributed by atoms with Crippen LogP contribution in [0.2, 0.25) is 0 Å². The van der Waals surface area contributed by atoms with Crippen molar-refractivity contribution in [2.75, 3.05) is 26.3 Å². The third-order valence-electron chi connectivity index (χ3n) is 4.38. The first-order valence-electron chi connectivity index (χ1n) is 8.68. The molecule has 1 aliphatic heterocycles. The third-order valence-corrected chi connectivity index (χ3v) is 7.27. The summed E-state index contributed by atoms with van der Waals surface area (Å²) >= 11 is 3.25. The lowest BCUT2D eigenvalue weighted by atomic mass is 10.2. The number of hydrogen-bond acceptors (Lipinski definition) is 6. The second kappa shape index (κ2) is 8.99. The van der Waals surface area contributed by atoms with Crippen molar-refractivity contribution >= 4 is 37.5 Å². The minimum Gasteiger partial charge on any atom is -0.379 e. The van der Waals surface area contributed by atoms with E-state index in [9.17, 15) is 23.3 Å². The number of halogens is 1. The van der Waals surface area contributed by atoms with Crippen LogP contribution >= 0.6 is 15.9 Å². The second-order valence-electron chi connectivity index (χ2n) is 6.27. The zero-order valence-electron chi connectivity index (χ0n) is 15.2. The Morgan fingerprint density at radius 1 is 1.17 bits per heavy atom. The van der Waals surface area contributed by atoms with Crippen molar-refractivity contribution in [3.05, 3.63) is 68.2 Å². The zero-order valence-corrected chi connectivity index (χ0v) is 17.6. The molecule has 1 heterocycles. The Labute approximate surface area is 176 Å². The van der Waals surface area contributed by atoms with Crippen LogP contribution in [0.25, 0.3) is 0 Å². The van der Waals surface area contributed by atoms with Crippen LogP contribution in [0.3, 0.4) is 0 Å². The molecule has 0 saturated carbocycles. The van der Waals surface area contributed by atoms with Crippen molar-refractivity contribution in [1.82, 2.24) is 9.62 Å². The van der Waals surface area contributed by atoms with Crippen LogP contribution in [-0.4, -0.2) is 49.9 Å². The molecule has 9 nitrogen and oxygen atoms in total. The fourth-order valence-electron chi connectivity index (χ4n) is 2.79. The van der Waals surface area contributed by atoms with Crippen LogP contribution in [0, 0.1) is 10.1 Å². The van der Waals surface area contributed by atoms with Gasteiger partial charge in [0.15, 0.2) is 0 Å². The van der Waals surface area contributed by atoms with Crippen LogP contribution in [0.1, 0.15) is 15.9 Å². The first-order chi connectivity index (χ1) is 13.8. The topological polar surface area (TPSA) is 119 Å². The van der Waals surface area contributed by atoms with Crippen molar-refractivity contribution < 1.29 is 22.9 Å². The van der Waals surface area contributed by atoms with Gasteiger partial charge in [-0.25, -0.2) is 8.42 Å². The molecule has 0 bridgehead atoms. The maximum absolute atomic E-state index is 12.9. The van der Waals surface area contributed by atoms with Crippen LogP contribution in [0.5, 0.6) is 0 Å². The van der Waals surface area contributed by atoms with Gasteiger partial charge in [0, 0.05) is 41.8 Å². The summed E-state index contributed by atoms with van der Waals surface area (Å²) in [6, 6.07) is 10.2. The van der Waals surface area contributed by atoms with E-state index >= 15 is 0 Å². The van der Waals surface area contributed by atoms with Crippen molar-refractivity contribution in [3.63, 3.8) is 0 Å². The number of amides is 1. The lowest BCUT2D eigenvalue weighted by Crippen LogP contribution is -2.40. The molecule has 2 aromatic rings. The predicted octanol–water partition coefficient (Wildman–Crippen LogP) is 2.31. The van der Waals surface area contributed by atoms with Gasteiger partial charge in [-0.05, 0) is 39.7 Å². The molecule has 2 aromatic carbocycles. The molecule has 29 heavy (non-hydrogen) atoms. The van der Waals surface area contributed by atoms with E-state index < -0.39 is 20.9 Å². The number of sulfonamides is 1. The number of morpholine rings is 1. The first-order valence-corrected chi connectivity index (χ1v) is 10.9. The summed E-state index contributed by atoms with van der Waals surface area (Å²) in [6.07, 6.45) is 0. The summed E-state index contributed by atoms with van der Waals surface area (Å²) < 4.78 is 32.7. The average Bonchev–Trinajstić information content (AvgIpc) is 2.73. The number of rotatable bonds is 6. The van der Waals surface area contributed by atoms with Gasteiger partial charge in [0.1, 0.15) is 0 Å². The van der Waals surface area contributed by atoms with Crippen LogP contribution < -0.4 is 5.32 Å². The summed E-state index contributed by atoms with van der Waals surface area (Å²) in [5, 5.41) is 13.4. The Balaban J connectivity index is 1.74. The molecule has 0 aliphatic carbocycles. The fourth-order valence-corrected chi connectivity index (χ4v) is 5.15. The minimum atomic E-state index is -3.77. The molecule has 1 saturated heterocycles. The zero-order chi connectivity index (χ0) is 21.0. The van der Waals surface area contributed by atoms with E-state index in [0.29, 0.717) is 23.2 Å². The molecule has 1 aliphatic rings. The molecule has 0 aromatic heterocycles. The van der Waals surface area contributed by atoms with Crippen LogP contribution in [0.4, 0.5) is 5.69 Å². The van der Waals surface area contributed by atoms with Crippen molar-refractivity contribution in [1.29, 1.82) is 0 Å². The summed E-state index contributed by atoms with van der Waals surface area (Å²) in [5.74, 6) is -0.450. The maximum Gasteiger partial charge on any atom is 0.269 e. The smallest absolute Gasteiger partial charge is 0.269 e. The predicted molar refractivity (Wildman–Crippen MR) is 108 cm³/mol. The van der Waals surface area contributed by atoms with Crippen LogP contribution in [-0.2, 0) is 21.3 Å². The summed E-state index contributed by atoms with van der Waals surface area (Å²) in [4.78, 5) is 22.7. The molecule has 0 radical (unpaired) electrons. The quantitative estimate of drug-likeness (QED) is 0.497. The van der Waals surface area contributed by atoms with Gasteiger partial charge >= 0.3 is 0 Å². The molecule has 0 spiro atoms.